The number of aliphatic imine (C=N–C) groups is 1. The maximum absolute atomic E-state index is 11.5. The third-order valence-corrected chi connectivity index (χ3v) is 3.77. The molecule has 1 heterocycles. The molecule has 0 saturated heterocycles. The fraction of sp³-hybridized carbons (Fsp3) is 0.286. The number of aromatic amines is 1. The van der Waals surface area contributed by atoms with Gasteiger partial charge in [0.15, 0.2) is 0 Å². The summed E-state index contributed by atoms with van der Waals surface area (Å²) in [6.07, 6.45) is 7.79. The minimum atomic E-state index is -0.386. The molecule has 0 radical (unpaired) electrons. The highest BCUT2D eigenvalue weighted by molar-refractivity contribution is 5.42. The third-order valence-electron chi connectivity index (χ3n) is 3.77. The summed E-state index contributed by atoms with van der Waals surface area (Å²) in [6.45, 7) is 0. The lowest BCUT2D eigenvalue weighted by Gasteiger charge is -2.37. The van der Waals surface area contributed by atoms with Gasteiger partial charge in [0.2, 0.25) is 6.08 Å². The lowest BCUT2D eigenvalue weighted by molar-refractivity contribution is 0.256. The van der Waals surface area contributed by atoms with Gasteiger partial charge in [-0.1, -0.05) is 12.1 Å². The number of carbonyl (C=O) groups excluding carboxylic acids is 1. The number of hydrogen-bond donors (Lipinski definition) is 1. The summed E-state index contributed by atoms with van der Waals surface area (Å²) >= 11 is 0. The average Bonchev–Trinajstić information content (AvgIpc) is 2.80. The number of rotatable bonds is 3. The molecule has 1 aromatic heterocycles. The van der Waals surface area contributed by atoms with Crippen LogP contribution in [0.15, 0.2) is 46.4 Å². The zero-order chi connectivity index (χ0) is 13.3. The molecule has 19 heavy (non-hydrogen) atoms. The quantitative estimate of drug-likeness (QED) is 0.672. The molecule has 1 aliphatic carbocycles. The van der Waals surface area contributed by atoms with Crippen LogP contribution >= 0.6 is 0 Å². The molecule has 5 heteroatoms. The number of isocyanates is 1. The van der Waals surface area contributed by atoms with Crippen LogP contribution in [0.5, 0.6) is 0 Å². The van der Waals surface area contributed by atoms with E-state index in [1.54, 1.807) is 18.5 Å². The van der Waals surface area contributed by atoms with Crippen molar-refractivity contribution in [3.05, 3.63) is 52.7 Å². The molecule has 1 aromatic carbocycles. The van der Waals surface area contributed by atoms with Crippen molar-refractivity contribution in [2.75, 3.05) is 0 Å². The Hall–Kier alpha value is -2.39. The maximum atomic E-state index is 11.5. The Morgan fingerprint density at radius 2 is 2.00 bits per heavy atom. The van der Waals surface area contributed by atoms with E-state index in [4.69, 9.17) is 0 Å². The van der Waals surface area contributed by atoms with Crippen molar-refractivity contribution in [2.24, 2.45) is 4.99 Å². The predicted molar refractivity (Wildman–Crippen MR) is 70.0 cm³/mol. The van der Waals surface area contributed by atoms with E-state index in [-0.39, 0.29) is 11.2 Å². The van der Waals surface area contributed by atoms with Gasteiger partial charge in [-0.25, -0.2) is 9.59 Å². The monoisotopic (exact) mass is 255 g/mol. The Balaban J connectivity index is 1.97. The van der Waals surface area contributed by atoms with Crippen LogP contribution in [0.25, 0.3) is 5.69 Å². The van der Waals surface area contributed by atoms with Crippen molar-refractivity contribution in [1.82, 2.24) is 9.55 Å². The Kier molecular flexibility index (Phi) is 2.69. The summed E-state index contributed by atoms with van der Waals surface area (Å²) in [7, 11) is 0. The van der Waals surface area contributed by atoms with E-state index in [1.165, 1.54) is 4.57 Å². The predicted octanol–water partition coefficient (Wildman–Crippen LogP) is 1.88. The zero-order valence-corrected chi connectivity index (χ0v) is 10.3. The smallest absolute Gasteiger partial charge is 0.312 e. The molecule has 3 rings (SSSR count). The largest absolute Gasteiger partial charge is 0.330 e. The maximum Gasteiger partial charge on any atom is 0.330 e. The SMILES string of the molecule is O=C=NC1(c2ccc(-n3cc[nH]c3=O)cc2)CCC1. The molecule has 0 spiro atoms. The van der Waals surface area contributed by atoms with Crippen LogP contribution < -0.4 is 5.69 Å². The molecule has 1 N–H and O–H groups in total. The molecule has 0 unspecified atom stereocenters. The second-order valence-corrected chi connectivity index (χ2v) is 4.77. The first-order chi connectivity index (χ1) is 9.25. The van der Waals surface area contributed by atoms with Gasteiger partial charge in [-0.3, -0.25) is 4.57 Å². The van der Waals surface area contributed by atoms with Gasteiger partial charge in [0.1, 0.15) is 0 Å². The topological polar surface area (TPSA) is 67.2 Å². The highest BCUT2D eigenvalue weighted by atomic mass is 16.1. The van der Waals surface area contributed by atoms with Crippen molar-refractivity contribution in [3.8, 4) is 5.69 Å². The first-order valence-electron chi connectivity index (χ1n) is 6.21. The van der Waals surface area contributed by atoms with E-state index in [0.717, 1.165) is 30.5 Å². The van der Waals surface area contributed by atoms with E-state index in [1.807, 2.05) is 24.3 Å². The van der Waals surface area contributed by atoms with E-state index >= 15 is 0 Å². The highest BCUT2D eigenvalue weighted by Gasteiger charge is 2.38. The van der Waals surface area contributed by atoms with Crippen molar-refractivity contribution in [2.45, 2.75) is 24.8 Å². The van der Waals surface area contributed by atoms with Gasteiger partial charge in [-0.2, -0.15) is 4.99 Å². The summed E-state index contributed by atoms with van der Waals surface area (Å²) in [5, 5.41) is 0. The number of benzene rings is 1. The molecular weight excluding hydrogens is 242 g/mol. The van der Waals surface area contributed by atoms with Crippen LogP contribution in [-0.4, -0.2) is 15.6 Å². The number of H-pyrrole nitrogens is 1. The minimum Gasteiger partial charge on any atom is -0.312 e. The Morgan fingerprint density at radius 3 is 2.47 bits per heavy atom. The standard InChI is InChI=1S/C14H13N3O2/c18-10-16-14(6-1-7-14)11-2-4-12(5-3-11)17-9-8-15-13(17)19/h2-5,8-9H,1,6-7H2,(H,15,19). The fourth-order valence-corrected chi connectivity index (χ4v) is 2.52. The fourth-order valence-electron chi connectivity index (χ4n) is 2.52. The molecule has 1 aliphatic rings. The molecular formula is C14H13N3O2. The Labute approximate surface area is 109 Å². The van der Waals surface area contributed by atoms with Crippen molar-refractivity contribution >= 4 is 6.08 Å². The van der Waals surface area contributed by atoms with Gasteiger partial charge >= 0.3 is 5.69 Å². The number of imidazole rings is 1. The summed E-state index contributed by atoms with van der Waals surface area (Å²) < 4.78 is 1.53. The highest BCUT2D eigenvalue weighted by Crippen LogP contribution is 2.44. The van der Waals surface area contributed by atoms with Crippen LogP contribution in [0, 0.1) is 0 Å². The van der Waals surface area contributed by atoms with E-state index < -0.39 is 0 Å². The Morgan fingerprint density at radius 1 is 1.26 bits per heavy atom. The second kappa shape index (κ2) is 4.37. The lowest BCUT2D eigenvalue weighted by Crippen LogP contribution is -2.31. The molecule has 1 saturated carbocycles. The lowest BCUT2D eigenvalue weighted by atomic mass is 9.72. The molecule has 96 valence electrons. The van der Waals surface area contributed by atoms with Crippen molar-refractivity contribution in [1.29, 1.82) is 0 Å². The first-order valence-corrected chi connectivity index (χ1v) is 6.21. The van der Waals surface area contributed by atoms with Gasteiger partial charge in [0.05, 0.1) is 11.2 Å². The van der Waals surface area contributed by atoms with Crippen LogP contribution in [0.3, 0.4) is 0 Å². The van der Waals surface area contributed by atoms with Gasteiger partial charge in [0.25, 0.3) is 0 Å². The van der Waals surface area contributed by atoms with Crippen LogP contribution in [0.1, 0.15) is 24.8 Å². The molecule has 0 amide bonds. The number of nitrogens with zero attached hydrogens (tertiary/aromatic N) is 2. The summed E-state index contributed by atoms with van der Waals surface area (Å²) in [5.41, 5.74) is 1.25. The Bertz CT molecular complexity index is 686. The van der Waals surface area contributed by atoms with E-state index in [2.05, 4.69) is 9.98 Å². The number of hydrogen-bond acceptors (Lipinski definition) is 3. The molecule has 0 bridgehead atoms. The molecule has 5 nitrogen and oxygen atoms in total. The first kappa shape index (κ1) is 11.7. The van der Waals surface area contributed by atoms with E-state index in [9.17, 15) is 9.59 Å². The van der Waals surface area contributed by atoms with Crippen LogP contribution in [-0.2, 0) is 10.3 Å². The van der Waals surface area contributed by atoms with Gasteiger partial charge < -0.3 is 4.98 Å². The van der Waals surface area contributed by atoms with Crippen LogP contribution in [0.4, 0.5) is 0 Å². The van der Waals surface area contributed by atoms with E-state index in [0.29, 0.717) is 0 Å². The van der Waals surface area contributed by atoms with Gasteiger partial charge in [-0.15, -0.1) is 0 Å². The molecule has 1 fully saturated rings. The number of aromatic nitrogens is 2. The molecule has 2 aromatic rings. The molecule has 0 aliphatic heterocycles. The van der Waals surface area contributed by atoms with Gasteiger partial charge in [0, 0.05) is 12.4 Å². The normalized spacial score (nSPS) is 16.4. The van der Waals surface area contributed by atoms with Gasteiger partial charge in [-0.05, 0) is 37.0 Å². The second-order valence-electron chi connectivity index (χ2n) is 4.77. The average molecular weight is 255 g/mol. The van der Waals surface area contributed by atoms with Crippen molar-refractivity contribution in [3.63, 3.8) is 0 Å². The number of nitrogens with one attached hydrogen (secondary N) is 1. The zero-order valence-electron chi connectivity index (χ0n) is 10.3. The third kappa shape index (κ3) is 1.84. The summed E-state index contributed by atoms with van der Waals surface area (Å²) in [5.74, 6) is 0. The summed E-state index contributed by atoms with van der Waals surface area (Å²) in [6, 6.07) is 7.58. The summed E-state index contributed by atoms with van der Waals surface area (Å²) in [4.78, 5) is 28.6. The molecule has 0 atom stereocenters. The minimum absolute atomic E-state index is 0.169. The van der Waals surface area contributed by atoms with Crippen molar-refractivity contribution < 1.29 is 4.79 Å². The van der Waals surface area contributed by atoms with Crippen LogP contribution in [0.2, 0.25) is 0 Å².